The molecule has 3 rings (SSSR count). The molecule has 0 saturated carbocycles. The average Bonchev–Trinajstić information content (AvgIpc) is 2.72. The molecule has 0 radical (unpaired) electrons. The quantitative estimate of drug-likeness (QED) is 0.548. The highest BCUT2D eigenvalue weighted by Gasteiger charge is 2.08. The number of carbonyl (C=O) groups excluding carboxylic acids is 2. The van der Waals surface area contributed by atoms with Gasteiger partial charge in [0.15, 0.2) is 6.61 Å². The number of aryl methyl sites for hydroxylation is 1. The molecule has 0 spiro atoms. The lowest BCUT2D eigenvalue weighted by atomic mass is 10.0. The Bertz CT molecular complexity index is 1050. The summed E-state index contributed by atoms with van der Waals surface area (Å²) in [5.74, 6) is 0.0295. The van der Waals surface area contributed by atoms with Crippen LogP contribution in [-0.2, 0) is 14.3 Å². The van der Waals surface area contributed by atoms with Gasteiger partial charge in [0.1, 0.15) is 5.75 Å². The first-order valence-corrected chi connectivity index (χ1v) is 8.73. The Hall–Kier alpha value is -4.14. The third-order valence-corrected chi connectivity index (χ3v) is 3.98. The van der Waals surface area contributed by atoms with Crippen molar-refractivity contribution in [3.63, 3.8) is 0 Å². The molecule has 3 aromatic rings. The van der Waals surface area contributed by atoms with Crippen LogP contribution < -0.4 is 15.8 Å². The number of methoxy groups -OCH3 is 1. The van der Waals surface area contributed by atoms with Crippen molar-refractivity contribution in [3.8, 4) is 17.0 Å². The third kappa shape index (κ3) is 5.93. The Balaban J connectivity index is 0.00000101. The largest absolute Gasteiger partial charge is 0.484 e. The van der Waals surface area contributed by atoms with E-state index in [1.165, 1.54) is 7.11 Å². The van der Waals surface area contributed by atoms with E-state index in [4.69, 9.17) is 25.4 Å². The van der Waals surface area contributed by atoms with Gasteiger partial charge in [-0.2, -0.15) is 0 Å². The molecule has 1 heterocycles. The fraction of sp³-hybridized carbons (Fsp3) is 0.143. The number of hydrogen-bond donors (Lipinski definition) is 3. The molecule has 0 bridgehead atoms. The molecule has 0 aliphatic heterocycles. The van der Waals surface area contributed by atoms with E-state index in [9.17, 15) is 9.59 Å². The molecule has 2 amide bonds. The zero-order valence-electron chi connectivity index (χ0n) is 16.4. The van der Waals surface area contributed by atoms with Crippen molar-refractivity contribution in [3.05, 3.63) is 54.1 Å². The number of fused-ring (bicyclic) bond motifs is 1. The van der Waals surface area contributed by atoms with Crippen molar-refractivity contribution in [2.45, 2.75) is 6.92 Å². The van der Waals surface area contributed by atoms with Gasteiger partial charge in [-0.3, -0.25) is 14.9 Å². The second-order valence-corrected chi connectivity index (χ2v) is 6.06. The molecular weight excluding hydrogens is 390 g/mol. The minimum atomic E-state index is -0.534. The predicted molar refractivity (Wildman–Crippen MR) is 111 cm³/mol. The number of nitrogens with one attached hydrogen (secondary N) is 1. The second kappa shape index (κ2) is 10.4. The van der Waals surface area contributed by atoms with E-state index in [0.717, 1.165) is 27.7 Å². The Morgan fingerprint density at radius 2 is 1.83 bits per heavy atom. The van der Waals surface area contributed by atoms with Gasteiger partial charge >= 0.3 is 6.09 Å². The van der Waals surface area contributed by atoms with Crippen LogP contribution in [0.25, 0.3) is 22.2 Å². The summed E-state index contributed by atoms with van der Waals surface area (Å²) in [7, 11) is 1.31. The van der Waals surface area contributed by atoms with Crippen molar-refractivity contribution in [1.29, 1.82) is 0 Å². The number of hydrogen-bond acceptors (Lipinski definition) is 6. The number of ether oxygens (including phenoxy) is 2. The van der Waals surface area contributed by atoms with E-state index < -0.39 is 12.0 Å². The topological polar surface area (TPSA) is 141 Å². The number of carboxylic acid groups (broad SMARTS) is 1. The van der Waals surface area contributed by atoms with Crippen LogP contribution in [0.3, 0.4) is 0 Å². The van der Waals surface area contributed by atoms with Crippen molar-refractivity contribution in [2.24, 2.45) is 5.73 Å². The summed E-state index contributed by atoms with van der Waals surface area (Å²) in [4.78, 5) is 35.3. The second-order valence-electron chi connectivity index (χ2n) is 6.06. The van der Waals surface area contributed by atoms with Gasteiger partial charge in [-0.25, -0.2) is 9.78 Å². The molecule has 0 saturated heterocycles. The smallest absolute Gasteiger partial charge is 0.411 e. The van der Waals surface area contributed by atoms with Crippen LogP contribution in [-0.4, -0.2) is 42.3 Å². The first-order chi connectivity index (χ1) is 14.4. The highest BCUT2D eigenvalue weighted by molar-refractivity contribution is 5.91. The minimum Gasteiger partial charge on any atom is -0.484 e. The SMILES string of the molecule is COC(=O)Nc1ccc2c(C)cc(-c3ccc(OCC(N)=O)cc3)nc2c1.O=CO. The fourth-order valence-corrected chi connectivity index (χ4v) is 2.67. The third-order valence-electron chi connectivity index (χ3n) is 3.98. The summed E-state index contributed by atoms with van der Waals surface area (Å²) in [6.07, 6.45) is -0.534. The van der Waals surface area contributed by atoms with Crippen LogP contribution in [0, 0.1) is 6.92 Å². The lowest BCUT2D eigenvalue weighted by Crippen LogP contribution is -2.19. The summed E-state index contributed by atoms with van der Waals surface area (Å²) in [6.45, 7) is 1.59. The van der Waals surface area contributed by atoms with Gasteiger partial charge in [-0.05, 0) is 55.0 Å². The van der Waals surface area contributed by atoms with Gasteiger partial charge in [0.05, 0.1) is 18.3 Å². The number of aromatic nitrogens is 1. The molecule has 0 unspecified atom stereocenters. The first kappa shape index (κ1) is 22.2. The summed E-state index contributed by atoms with van der Waals surface area (Å²) in [6, 6.07) is 14.7. The van der Waals surface area contributed by atoms with Crippen molar-refractivity contribution >= 4 is 35.1 Å². The Morgan fingerprint density at radius 3 is 2.43 bits per heavy atom. The fourth-order valence-electron chi connectivity index (χ4n) is 2.67. The predicted octanol–water partition coefficient (Wildman–Crippen LogP) is 2.95. The van der Waals surface area contributed by atoms with Gasteiger partial charge in [-0.1, -0.05) is 6.07 Å². The summed E-state index contributed by atoms with van der Waals surface area (Å²) < 4.78 is 9.89. The number of nitrogens with zero attached hydrogens (tertiary/aromatic N) is 1. The van der Waals surface area contributed by atoms with E-state index in [-0.39, 0.29) is 13.1 Å². The lowest BCUT2D eigenvalue weighted by molar-refractivity contribution is -0.123. The molecule has 30 heavy (non-hydrogen) atoms. The number of carbonyl (C=O) groups is 3. The van der Waals surface area contributed by atoms with E-state index in [2.05, 4.69) is 10.1 Å². The van der Waals surface area contributed by atoms with Crippen molar-refractivity contribution in [2.75, 3.05) is 19.0 Å². The zero-order chi connectivity index (χ0) is 22.1. The highest BCUT2D eigenvalue weighted by Crippen LogP contribution is 2.27. The number of anilines is 1. The molecule has 0 aliphatic rings. The van der Waals surface area contributed by atoms with E-state index in [1.54, 1.807) is 24.3 Å². The van der Waals surface area contributed by atoms with Gasteiger partial charge in [0, 0.05) is 16.6 Å². The maximum atomic E-state index is 11.4. The standard InChI is InChI=1S/C20H19N3O4.CH2O2/c1-12-9-17(13-3-6-15(7-4-13)27-11-19(21)24)23-18-10-14(5-8-16(12)18)22-20(25)26-2;2-1-3/h3-10H,11H2,1-2H3,(H2,21,24)(H,22,25);1H,(H,2,3). The average molecular weight is 411 g/mol. The summed E-state index contributed by atoms with van der Waals surface area (Å²) in [5, 5.41) is 10.5. The maximum absolute atomic E-state index is 11.4. The number of pyridine rings is 1. The molecule has 156 valence electrons. The molecule has 0 aliphatic carbocycles. The number of nitrogens with two attached hydrogens (primary N) is 1. The summed E-state index contributed by atoms with van der Waals surface area (Å²) in [5.41, 5.74) is 9.19. The monoisotopic (exact) mass is 411 g/mol. The van der Waals surface area contributed by atoms with Crippen molar-refractivity contribution in [1.82, 2.24) is 4.98 Å². The van der Waals surface area contributed by atoms with E-state index in [1.807, 2.05) is 31.2 Å². The number of benzene rings is 2. The highest BCUT2D eigenvalue weighted by atomic mass is 16.5. The maximum Gasteiger partial charge on any atom is 0.411 e. The molecule has 0 fully saturated rings. The molecule has 1 aromatic heterocycles. The Morgan fingerprint density at radius 1 is 1.17 bits per heavy atom. The van der Waals surface area contributed by atoms with E-state index >= 15 is 0 Å². The van der Waals surface area contributed by atoms with Crippen LogP contribution >= 0.6 is 0 Å². The molecule has 2 aromatic carbocycles. The van der Waals surface area contributed by atoms with Crippen LogP contribution in [0.15, 0.2) is 48.5 Å². The molecular formula is C21H21N3O6. The van der Waals surface area contributed by atoms with E-state index in [0.29, 0.717) is 11.4 Å². The molecule has 0 atom stereocenters. The number of rotatable bonds is 5. The van der Waals surface area contributed by atoms with Gasteiger partial charge < -0.3 is 20.3 Å². The number of amides is 2. The van der Waals surface area contributed by atoms with Gasteiger partial charge in [0.25, 0.3) is 12.4 Å². The van der Waals surface area contributed by atoms with Gasteiger partial charge in [0.2, 0.25) is 0 Å². The van der Waals surface area contributed by atoms with Crippen molar-refractivity contribution < 1.29 is 29.0 Å². The molecule has 9 nitrogen and oxygen atoms in total. The van der Waals surface area contributed by atoms with Gasteiger partial charge in [-0.15, -0.1) is 0 Å². The molecule has 9 heteroatoms. The Labute approximate surface area is 172 Å². The Kier molecular flexibility index (Phi) is 7.69. The molecule has 4 N–H and O–H groups in total. The van der Waals surface area contributed by atoms with Crippen LogP contribution in [0.5, 0.6) is 5.75 Å². The number of primary amides is 1. The normalized spacial score (nSPS) is 9.80. The zero-order valence-corrected chi connectivity index (χ0v) is 16.4. The first-order valence-electron chi connectivity index (χ1n) is 8.73. The minimum absolute atomic E-state index is 0.164. The summed E-state index contributed by atoms with van der Waals surface area (Å²) >= 11 is 0. The van der Waals surface area contributed by atoms with Crippen LogP contribution in [0.2, 0.25) is 0 Å². The van der Waals surface area contributed by atoms with Crippen LogP contribution in [0.4, 0.5) is 10.5 Å². The van der Waals surface area contributed by atoms with Crippen LogP contribution in [0.1, 0.15) is 5.56 Å². The lowest BCUT2D eigenvalue weighted by Gasteiger charge is -2.10.